The van der Waals surface area contributed by atoms with E-state index in [0.29, 0.717) is 27.0 Å². The van der Waals surface area contributed by atoms with Crippen LogP contribution in [0.3, 0.4) is 0 Å². The fraction of sp³-hybridized carbons (Fsp3) is 0.0526. The molecule has 0 aliphatic carbocycles. The lowest BCUT2D eigenvalue weighted by molar-refractivity contribution is -0.112. The number of hydrogen-bond donors (Lipinski definition) is 1. The molecule has 0 saturated heterocycles. The van der Waals surface area contributed by atoms with E-state index >= 15 is 0 Å². The Balaban J connectivity index is 2.32. The molecular formula is C19H14Cl2N2O2. The summed E-state index contributed by atoms with van der Waals surface area (Å²) in [6.07, 6.45) is 3.01. The van der Waals surface area contributed by atoms with E-state index in [1.807, 2.05) is 6.07 Å². The van der Waals surface area contributed by atoms with Crippen molar-refractivity contribution in [2.45, 2.75) is 0 Å². The summed E-state index contributed by atoms with van der Waals surface area (Å²) in [5.41, 5.74) is 0.829. The van der Waals surface area contributed by atoms with Crippen LogP contribution in [0.25, 0.3) is 6.08 Å². The van der Waals surface area contributed by atoms with Gasteiger partial charge in [-0.05, 0) is 36.4 Å². The summed E-state index contributed by atoms with van der Waals surface area (Å²) in [5.74, 6) is -0.0900. The summed E-state index contributed by atoms with van der Waals surface area (Å²) in [5, 5.41) is 12.8. The third-order valence-corrected chi connectivity index (χ3v) is 3.68. The lowest BCUT2D eigenvalue weighted by Gasteiger charge is -2.09. The van der Waals surface area contributed by atoms with Gasteiger partial charge in [-0.2, -0.15) is 5.26 Å². The zero-order valence-corrected chi connectivity index (χ0v) is 14.6. The fourth-order valence-corrected chi connectivity index (χ4v) is 2.33. The van der Waals surface area contributed by atoms with Gasteiger partial charge >= 0.3 is 0 Å². The molecule has 0 bridgehead atoms. The third kappa shape index (κ3) is 5.12. The number of benzene rings is 2. The first-order valence-electron chi connectivity index (χ1n) is 7.26. The summed E-state index contributed by atoms with van der Waals surface area (Å²) < 4.78 is 5.52. The van der Waals surface area contributed by atoms with E-state index in [9.17, 15) is 10.1 Å². The molecule has 0 aromatic heterocycles. The number of nitrogens with zero attached hydrogens (tertiary/aromatic N) is 1. The van der Waals surface area contributed by atoms with Crippen LogP contribution in [0.2, 0.25) is 10.0 Å². The molecule has 2 rings (SSSR count). The van der Waals surface area contributed by atoms with E-state index in [1.165, 1.54) is 6.08 Å². The number of carbonyl (C=O) groups excluding carboxylic acids is 1. The Morgan fingerprint density at radius 2 is 2.04 bits per heavy atom. The highest BCUT2D eigenvalue weighted by Gasteiger charge is 2.13. The smallest absolute Gasteiger partial charge is 0.266 e. The minimum Gasteiger partial charge on any atom is -0.489 e. The molecule has 0 unspecified atom stereocenters. The van der Waals surface area contributed by atoms with Crippen molar-refractivity contribution >= 4 is 40.9 Å². The predicted molar refractivity (Wildman–Crippen MR) is 101 cm³/mol. The number of nitriles is 1. The molecule has 25 heavy (non-hydrogen) atoms. The van der Waals surface area contributed by atoms with Crippen LogP contribution in [0.5, 0.6) is 5.75 Å². The highest BCUT2D eigenvalue weighted by molar-refractivity contribution is 6.34. The molecule has 0 fully saturated rings. The molecular weight excluding hydrogens is 359 g/mol. The molecule has 0 heterocycles. The van der Waals surface area contributed by atoms with E-state index in [4.69, 9.17) is 27.9 Å². The second kappa shape index (κ2) is 8.93. The molecule has 0 spiro atoms. The molecule has 126 valence electrons. The maximum Gasteiger partial charge on any atom is 0.266 e. The minimum absolute atomic E-state index is 0.106. The molecule has 1 N–H and O–H groups in total. The summed E-state index contributed by atoms with van der Waals surface area (Å²) >= 11 is 12.0. The number of rotatable bonds is 6. The van der Waals surface area contributed by atoms with Crippen molar-refractivity contribution in [1.29, 1.82) is 5.26 Å². The number of hydrogen-bond acceptors (Lipinski definition) is 3. The Hall–Kier alpha value is -2.74. The van der Waals surface area contributed by atoms with Crippen LogP contribution in [0.1, 0.15) is 5.56 Å². The molecule has 0 saturated carbocycles. The van der Waals surface area contributed by atoms with E-state index in [0.717, 1.165) is 0 Å². The third-order valence-electron chi connectivity index (χ3n) is 3.12. The molecule has 0 aliphatic heterocycles. The van der Waals surface area contributed by atoms with Gasteiger partial charge in [0.2, 0.25) is 0 Å². The molecule has 0 aliphatic rings. The maximum absolute atomic E-state index is 12.4. The van der Waals surface area contributed by atoms with Gasteiger partial charge in [-0.15, -0.1) is 0 Å². The minimum atomic E-state index is -0.578. The topological polar surface area (TPSA) is 62.1 Å². The maximum atomic E-state index is 12.4. The Morgan fingerprint density at radius 1 is 1.28 bits per heavy atom. The normalized spacial score (nSPS) is 10.7. The zero-order chi connectivity index (χ0) is 18.2. The first-order valence-corrected chi connectivity index (χ1v) is 8.01. The van der Waals surface area contributed by atoms with Gasteiger partial charge < -0.3 is 10.1 Å². The van der Waals surface area contributed by atoms with Gasteiger partial charge in [-0.25, -0.2) is 0 Å². The second-order valence-corrected chi connectivity index (χ2v) is 5.73. The van der Waals surface area contributed by atoms with Gasteiger partial charge in [-0.3, -0.25) is 4.79 Å². The monoisotopic (exact) mass is 372 g/mol. The van der Waals surface area contributed by atoms with Crippen LogP contribution in [0.15, 0.2) is 60.7 Å². The average Bonchev–Trinajstić information content (AvgIpc) is 2.60. The van der Waals surface area contributed by atoms with E-state index in [2.05, 4.69) is 11.9 Å². The summed E-state index contributed by atoms with van der Waals surface area (Å²) in [6, 6.07) is 13.6. The molecule has 2 aromatic carbocycles. The predicted octanol–water partition coefficient (Wildman–Crippen LogP) is 5.10. The average molecular weight is 373 g/mol. The zero-order valence-electron chi connectivity index (χ0n) is 13.1. The number of carbonyl (C=O) groups is 1. The van der Waals surface area contributed by atoms with Crippen molar-refractivity contribution in [1.82, 2.24) is 0 Å². The molecule has 4 nitrogen and oxygen atoms in total. The number of ether oxygens (including phenoxy) is 1. The Morgan fingerprint density at radius 3 is 2.72 bits per heavy atom. The summed E-state index contributed by atoms with van der Waals surface area (Å²) in [7, 11) is 0. The van der Waals surface area contributed by atoms with E-state index in [1.54, 1.807) is 48.5 Å². The van der Waals surface area contributed by atoms with Crippen LogP contribution in [-0.4, -0.2) is 12.5 Å². The molecule has 1 amide bonds. The number of amides is 1. The van der Waals surface area contributed by atoms with E-state index < -0.39 is 5.91 Å². The van der Waals surface area contributed by atoms with Gasteiger partial charge in [0.05, 0.1) is 10.7 Å². The number of nitrogens with one attached hydrogen (secondary N) is 1. The van der Waals surface area contributed by atoms with Crippen LogP contribution in [0.4, 0.5) is 5.69 Å². The van der Waals surface area contributed by atoms with Gasteiger partial charge in [0.15, 0.2) is 0 Å². The lowest BCUT2D eigenvalue weighted by atomic mass is 10.1. The quantitative estimate of drug-likeness (QED) is 0.435. The van der Waals surface area contributed by atoms with Gasteiger partial charge in [0.25, 0.3) is 5.91 Å². The van der Waals surface area contributed by atoms with Gasteiger partial charge in [0, 0.05) is 10.6 Å². The Labute approximate surface area is 155 Å². The van der Waals surface area contributed by atoms with Crippen molar-refractivity contribution in [2.75, 3.05) is 11.9 Å². The first kappa shape index (κ1) is 18.6. The molecule has 6 heteroatoms. The first-order chi connectivity index (χ1) is 12.0. The van der Waals surface area contributed by atoms with Crippen LogP contribution in [0, 0.1) is 11.3 Å². The number of para-hydroxylation sites is 1. The summed E-state index contributed by atoms with van der Waals surface area (Å²) in [6.45, 7) is 3.88. The van der Waals surface area contributed by atoms with Crippen molar-refractivity contribution in [3.63, 3.8) is 0 Å². The fourth-order valence-electron chi connectivity index (χ4n) is 1.97. The standard InChI is InChI=1S/C19H14Cl2N2O2/c1-2-9-25-18-8-7-15(20)11-13(18)10-14(12-22)19(24)23-17-6-4-3-5-16(17)21/h2-8,10-11H,1,9H2,(H,23,24)/b14-10+. The van der Waals surface area contributed by atoms with Crippen molar-refractivity contribution < 1.29 is 9.53 Å². The Kier molecular flexibility index (Phi) is 6.64. The van der Waals surface area contributed by atoms with Crippen LogP contribution in [-0.2, 0) is 4.79 Å². The second-order valence-electron chi connectivity index (χ2n) is 4.89. The SMILES string of the molecule is C=CCOc1ccc(Cl)cc1/C=C(\C#N)C(=O)Nc1ccccc1Cl. The van der Waals surface area contributed by atoms with Crippen LogP contribution >= 0.6 is 23.2 Å². The summed E-state index contributed by atoms with van der Waals surface area (Å²) in [4.78, 5) is 12.4. The molecule has 2 aromatic rings. The van der Waals surface area contributed by atoms with Crippen LogP contribution < -0.4 is 10.1 Å². The highest BCUT2D eigenvalue weighted by Crippen LogP contribution is 2.26. The van der Waals surface area contributed by atoms with Gasteiger partial charge in [-0.1, -0.05) is 48.0 Å². The van der Waals surface area contributed by atoms with Crippen molar-refractivity contribution in [3.8, 4) is 11.8 Å². The largest absolute Gasteiger partial charge is 0.489 e. The van der Waals surface area contributed by atoms with Crippen molar-refractivity contribution in [3.05, 3.63) is 76.3 Å². The molecule has 0 radical (unpaired) electrons. The number of halogens is 2. The Bertz CT molecular complexity index is 870. The lowest BCUT2D eigenvalue weighted by Crippen LogP contribution is -2.13. The molecule has 0 atom stereocenters. The number of anilines is 1. The highest BCUT2D eigenvalue weighted by atomic mass is 35.5. The van der Waals surface area contributed by atoms with Gasteiger partial charge in [0.1, 0.15) is 24.0 Å². The van der Waals surface area contributed by atoms with E-state index in [-0.39, 0.29) is 12.2 Å². The van der Waals surface area contributed by atoms with Crippen molar-refractivity contribution in [2.24, 2.45) is 0 Å².